The number of ether oxygens (including phenoxy) is 1. The van der Waals surface area contributed by atoms with Crippen LogP contribution in [0.25, 0.3) is 0 Å². The van der Waals surface area contributed by atoms with Gasteiger partial charge in [0.15, 0.2) is 5.82 Å². The first kappa shape index (κ1) is 13.1. The number of nitrogens with zero attached hydrogens (tertiary/aromatic N) is 3. The molecule has 0 N–H and O–H groups in total. The predicted molar refractivity (Wildman–Crippen MR) is 70.3 cm³/mol. The Labute approximate surface area is 111 Å². The molecule has 0 saturated carbocycles. The van der Waals surface area contributed by atoms with Crippen molar-refractivity contribution in [2.24, 2.45) is 0 Å². The van der Waals surface area contributed by atoms with Gasteiger partial charge >= 0.3 is 0 Å². The number of carbonyl (C=O) groups excluding carboxylic acids is 1. The number of hydrogen-bond donors (Lipinski definition) is 0. The van der Waals surface area contributed by atoms with Crippen LogP contribution in [0.2, 0.25) is 0 Å². The molecular formula is C14H15N3O2. The van der Waals surface area contributed by atoms with Crippen molar-refractivity contribution in [1.82, 2.24) is 15.0 Å². The Balaban J connectivity index is 2.27. The third-order valence-corrected chi connectivity index (χ3v) is 2.89. The summed E-state index contributed by atoms with van der Waals surface area (Å²) >= 11 is 0. The van der Waals surface area contributed by atoms with Crippen molar-refractivity contribution in [2.45, 2.75) is 20.3 Å². The van der Waals surface area contributed by atoms with E-state index >= 15 is 0 Å². The molecule has 0 unspecified atom stereocenters. The highest BCUT2D eigenvalue weighted by molar-refractivity contribution is 5.94. The second-order valence-corrected chi connectivity index (χ2v) is 4.22. The fourth-order valence-corrected chi connectivity index (χ4v) is 1.92. The Morgan fingerprint density at radius 2 is 1.89 bits per heavy atom. The molecule has 0 radical (unpaired) electrons. The van der Waals surface area contributed by atoms with Crippen molar-refractivity contribution in [3.05, 3.63) is 47.3 Å². The molecule has 0 saturated heterocycles. The minimum absolute atomic E-state index is 0.151. The van der Waals surface area contributed by atoms with E-state index in [-0.39, 0.29) is 18.0 Å². The molecule has 2 heterocycles. The highest BCUT2D eigenvalue weighted by Crippen LogP contribution is 2.24. The zero-order valence-electron chi connectivity index (χ0n) is 11.2. The molecule has 0 aliphatic rings. The molecule has 0 aliphatic heterocycles. The summed E-state index contributed by atoms with van der Waals surface area (Å²) in [6.45, 7) is 3.82. The van der Waals surface area contributed by atoms with Gasteiger partial charge in [-0.2, -0.15) is 0 Å². The van der Waals surface area contributed by atoms with E-state index in [9.17, 15) is 4.79 Å². The van der Waals surface area contributed by atoms with Gasteiger partial charge in [-0.25, -0.2) is 9.97 Å². The maximum absolute atomic E-state index is 12.0. The minimum atomic E-state index is -0.151. The normalized spacial score (nSPS) is 10.3. The van der Waals surface area contributed by atoms with Gasteiger partial charge in [0.05, 0.1) is 19.2 Å². The van der Waals surface area contributed by atoms with Crippen molar-refractivity contribution < 1.29 is 9.53 Å². The number of hydrogen-bond acceptors (Lipinski definition) is 5. The Morgan fingerprint density at radius 3 is 2.53 bits per heavy atom. The molecule has 0 aromatic carbocycles. The van der Waals surface area contributed by atoms with Crippen LogP contribution in [0.15, 0.2) is 24.7 Å². The van der Waals surface area contributed by atoms with Crippen LogP contribution in [0.4, 0.5) is 0 Å². The highest BCUT2D eigenvalue weighted by atomic mass is 16.5. The molecule has 0 spiro atoms. The third-order valence-electron chi connectivity index (χ3n) is 2.89. The Morgan fingerprint density at radius 1 is 1.21 bits per heavy atom. The van der Waals surface area contributed by atoms with Gasteiger partial charge in [0.1, 0.15) is 5.75 Å². The van der Waals surface area contributed by atoms with Crippen LogP contribution in [0.5, 0.6) is 5.75 Å². The molecule has 2 aromatic heterocycles. The summed E-state index contributed by atoms with van der Waals surface area (Å²) in [6.07, 6.45) is 4.99. The number of carbonyl (C=O) groups is 1. The quantitative estimate of drug-likeness (QED) is 0.783. The zero-order valence-corrected chi connectivity index (χ0v) is 11.2. The van der Waals surface area contributed by atoms with Crippen LogP contribution in [0.1, 0.15) is 27.4 Å². The Kier molecular flexibility index (Phi) is 3.85. The van der Waals surface area contributed by atoms with Gasteiger partial charge in [0.2, 0.25) is 5.78 Å². The topological polar surface area (TPSA) is 65.0 Å². The first-order valence-electron chi connectivity index (χ1n) is 5.92. The summed E-state index contributed by atoms with van der Waals surface area (Å²) < 4.78 is 5.32. The van der Waals surface area contributed by atoms with Crippen molar-refractivity contribution in [3.8, 4) is 5.75 Å². The van der Waals surface area contributed by atoms with Crippen LogP contribution >= 0.6 is 0 Å². The van der Waals surface area contributed by atoms with Crippen LogP contribution in [-0.4, -0.2) is 27.8 Å². The molecule has 5 nitrogen and oxygen atoms in total. The summed E-state index contributed by atoms with van der Waals surface area (Å²) in [6, 6.07) is 1.68. The lowest BCUT2D eigenvalue weighted by molar-refractivity contribution is 0.0981. The van der Waals surface area contributed by atoms with Crippen LogP contribution in [0, 0.1) is 13.8 Å². The maximum Gasteiger partial charge on any atom is 0.205 e. The average molecular weight is 257 g/mol. The average Bonchev–Trinajstić information content (AvgIpc) is 2.43. The van der Waals surface area contributed by atoms with Gasteiger partial charge < -0.3 is 4.74 Å². The SMILES string of the molecule is COc1c(C)cnc(CC(=O)c2ncccn2)c1C. The van der Waals surface area contributed by atoms with E-state index < -0.39 is 0 Å². The molecule has 98 valence electrons. The summed E-state index contributed by atoms with van der Waals surface area (Å²) in [5.41, 5.74) is 2.53. The van der Waals surface area contributed by atoms with Gasteiger partial charge in [-0.3, -0.25) is 9.78 Å². The van der Waals surface area contributed by atoms with Crippen molar-refractivity contribution in [3.63, 3.8) is 0 Å². The number of aryl methyl sites for hydroxylation is 1. The Hall–Kier alpha value is -2.30. The lowest BCUT2D eigenvalue weighted by Gasteiger charge is -2.11. The van der Waals surface area contributed by atoms with Crippen molar-refractivity contribution >= 4 is 5.78 Å². The molecule has 0 fully saturated rings. The van der Waals surface area contributed by atoms with E-state index in [0.29, 0.717) is 5.69 Å². The standard InChI is InChI=1S/C14H15N3O2/c1-9-8-17-11(10(2)13(9)19-3)7-12(18)14-15-5-4-6-16-14/h4-6,8H,7H2,1-3H3. The number of methoxy groups -OCH3 is 1. The van der Waals surface area contributed by atoms with E-state index in [1.807, 2.05) is 13.8 Å². The molecule has 2 aromatic rings. The molecule has 0 bridgehead atoms. The van der Waals surface area contributed by atoms with Crippen molar-refractivity contribution in [1.29, 1.82) is 0 Å². The lowest BCUT2D eigenvalue weighted by atomic mass is 10.1. The zero-order chi connectivity index (χ0) is 13.8. The monoisotopic (exact) mass is 257 g/mol. The summed E-state index contributed by atoms with van der Waals surface area (Å²) in [4.78, 5) is 24.2. The van der Waals surface area contributed by atoms with Gasteiger partial charge in [-0.05, 0) is 19.9 Å². The minimum Gasteiger partial charge on any atom is -0.496 e. The number of ketones is 1. The summed E-state index contributed by atoms with van der Waals surface area (Å²) in [7, 11) is 1.61. The van der Waals surface area contributed by atoms with E-state index in [4.69, 9.17) is 4.74 Å². The largest absolute Gasteiger partial charge is 0.496 e. The molecule has 2 rings (SSSR count). The lowest BCUT2D eigenvalue weighted by Crippen LogP contribution is -2.11. The molecule has 0 atom stereocenters. The maximum atomic E-state index is 12.0. The molecule has 19 heavy (non-hydrogen) atoms. The van der Waals surface area contributed by atoms with E-state index in [1.54, 1.807) is 31.8 Å². The van der Waals surface area contributed by atoms with Crippen LogP contribution < -0.4 is 4.74 Å². The molecule has 0 aliphatic carbocycles. The number of Topliss-reactive ketones (excluding diaryl/α,β-unsaturated/α-hetero) is 1. The number of aromatic nitrogens is 3. The smallest absolute Gasteiger partial charge is 0.205 e. The summed E-state index contributed by atoms with van der Waals surface area (Å²) in [5, 5.41) is 0. The fourth-order valence-electron chi connectivity index (χ4n) is 1.92. The first-order valence-corrected chi connectivity index (χ1v) is 5.92. The first-order chi connectivity index (χ1) is 9.13. The van der Waals surface area contributed by atoms with Gasteiger partial charge in [-0.15, -0.1) is 0 Å². The van der Waals surface area contributed by atoms with Crippen molar-refractivity contribution in [2.75, 3.05) is 7.11 Å². The Bertz CT molecular complexity index is 597. The summed E-state index contributed by atoms with van der Waals surface area (Å²) in [5.74, 6) is 0.831. The van der Waals surface area contributed by atoms with E-state index in [1.165, 1.54) is 0 Å². The van der Waals surface area contributed by atoms with E-state index in [0.717, 1.165) is 16.9 Å². The molecule has 0 amide bonds. The highest BCUT2D eigenvalue weighted by Gasteiger charge is 2.15. The van der Waals surface area contributed by atoms with Gasteiger partial charge in [0.25, 0.3) is 0 Å². The predicted octanol–water partition coefficient (Wildman–Crippen LogP) is 1.92. The molecular weight excluding hydrogens is 242 g/mol. The van der Waals surface area contributed by atoms with Gasteiger partial charge in [-0.1, -0.05) is 0 Å². The fraction of sp³-hybridized carbons (Fsp3) is 0.286. The number of rotatable bonds is 4. The third kappa shape index (κ3) is 2.76. The second-order valence-electron chi connectivity index (χ2n) is 4.22. The van der Waals surface area contributed by atoms with Crippen LogP contribution in [-0.2, 0) is 6.42 Å². The second kappa shape index (κ2) is 5.56. The molecule has 5 heteroatoms. The van der Waals surface area contributed by atoms with E-state index in [2.05, 4.69) is 15.0 Å². The number of pyridine rings is 1. The van der Waals surface area contributed by atoms with Gasteiger partial charge in [0, 0.05) is 29.7 Å². The van der Waals surface area contributed by atoms with Crippen LogP contribution in [0.3, 0.4) is 0 Å².